The molecule has 0 bridgehead atoms. The number of carbonyl (C=O) groups is 7. The molecule has 22 nitrogen and oxygen atoms in total. The summed E-state index contributed by atoms with van der Waals surface area (Å²) in [5.41, 5.74) is 33.5. The van der Waals surface area contributed by atoms with E-state index in [0.717, 1.165) is 0 Å². The molecule has 0 aliphatic rings. The van der Waals surface area contributed by atoms with Gasteiger partial charge in [0.25, 0.3) is 0 Å². The van der Waals surface area contributed by atoms with E-state index in [4.69, 9.17) is 39.1 Å². The molecule has 8 unspecified atom stereocenters. The van der Waals surface area contributed by atoms with Gasteiger partial charge in [-0.1, -0.05) is 40.5 Å². The largest absolute Gasteiger partial charge is 0.465 e. The first-order valence-electron chi connectivity index (χ1n) is 20.5. The molecule has 0 saturated heterocycles. The smallest absolute Gasteiger partial charge is 0.325 e. The number of amides is 6. The Hall–Kier alpha value is -4.90. The molecule has 6 amide bonds. The highest BCUT2D eigenvalue weighted by Crippen LogP contribution is 2.12. The van der Waals surface area contributed by atoms with Crippen LogP contribution in [-0.2, 0) is 38.3 Å². The predicted molar refractivity (Wildman–Crippen MR) is 233 cm³/mol. The maximum absolute atomic E-state index is 13.9. The van der Waals surface area contributed by atoms with Gasteiger partial charge in [0.2, 0.25) is 35.4 Å². The second-order valence-electron chi connectivity index (χ2n) is 14.4. The zero-order valence-electron chi connectivity index (χ0n) is 35.8. The summed E-state index contributed by atoms with van der Waals surface area (Å²) < 4.78 is 4.87. The topological polar surface area (TPSA) is 382 Å². The maximum atomic E-state index is 13.9. The van der Waals surface area contributed by atoms with Crippen molar-refractivity contribution in [1.29, 1.82) is 0 Å². The van der Waals surface area contributed by atoms with Crippen molar-refractivity contribution < 1.29 is 38.3 Å². The van der Waals surface area contributed by atoms with E-state index in [1.54, 1.807) is 13.8 Å². The van der Waals surface area contributed by atoms with Gasteiger partial charge in [0.15, 0.2) is 11.9 Å². The molecule has 0 saturated carbocycles. The summed E-state index contributed by atoms with van der Waals surface area (Å²) in [7, 11) is 0. The van der Waals surface area contributed by atoms with Crippen LogP contribution in [0, 0.1) is 11.8 Å². The molecular formula is C37H72N14O8S. The first-order chi connectivity index (χ1) is 28.4. The third-order valence-corrected chi connectivity index (χ3v) is 9.98. The van der Waals surface area contributed by atoms with Gasteiger partial charge < -0.3 is 71.0 Å². The summed E-state index contributed by atoms with van der Waals surface area (Å²) >= 11 is 4.29. The van der Waals surface area contributed by atoms with Gasteiger partial charge in [0.1, 0.15) is 36.8 Å². The lowest BCUT2D eigenvalue weighted by molar-refractivity contribution is -0.143. The van der Waals surface area contributed by atoms with Gasteiger partial charge >= 0.3 is 5.97 Å². The molecule has 18 N–H and O–H groups in total. The number of rotatable bonds is 31. The average molecular weight is 873 g/mol. The molecule has 0 spiro atoms. The summed E-state index contributed by atoms with van der Waals surface area (Å²) in [6.45, 7) is 9.19. The van der Waals surface area contributed by atoms with E-state index in [9.17, 15) is 33.6 Å². The van der Waals surface area contributed by atoms with Crippen molar-refractivity contribution in [2.45, 2.75) is 129 Å². The van der Waals surface area contributed by atoms with Crippen LogP contribution in [-0.4, -0.2) is 128 Å². The van der Waals surface area contributed by atoms with E-state index < -0.39 is 90.1 Å². The van der Waals surface area contributed by atoms with Gasteiger partial charge in [-0.15, -0.1) is 0 Å². The lowest BCUT2D eigenvalue weighted by Crippen LogP contribution is -2.61. The number of esters is 1. The first kappa shape index (κ1) is 55.1. The van der Waals surface area contributed by atoms with E-state index in [2.05, 4.69) is 54.5 Å². The molecule has 0 rings (SSSR count). The molecule has 0 radical (unpaired) electrons. The Morgan fingerprint density at radius 1 is 0.600 bits per heavy atom. The Bertz CT molecular complexity index is 1430. The Morgan fingerprint density at radius 2 is 1.05 bits per heavy atom. The van der Waals surface area contributed by atoms with Crippen molar-refractivity contribution in [3.8, 4) is 0 Å². The lowest BCUT2D eigenvalue weighted by atomic mass is 9.96. The second kappa shape index (κ2) is 31.0. The zero-order valence-corrected chi connectivity index (χ0v) is 36.7. The van der Waals surface area contributed by atoms with E-state index >= 15 is 0 Å². The van der Waals surface area contributed by atoms with Crippen molar-refractivity contribution >= 4 is 66.0 Å². The fourth-order valence-electron chi connectivity index (χ4n) is 5.54. The van der Waals surface area contributed by atoms with Gasteiger partial charge in [0.05, 0.1) is 12.6 Å². The number of unbranched alkanes of at least 4 members (excludes halogenated alkanes) is 1. The van der Waals surface area contributed by atoms with Crippen LogP contribution in [0.3, 0.4) is 0 Å². The number of guanidine groups is 2. The van der Waals surface area contributed by atoms with E-state index in [-0.39, 0.29) is 69.0 Å². The normalized spacial score (nSPS) is 14.9. The van der Waals surface area contributed by atoms with Gasteiger partial charge in [-0.05, 0) is 70.3 Å². The van der Waals surface area contributed by atoms with Crippen molar-refractivity contribution in [3.63, 3.8) is 0 Å². The van der Waals surface area contributed by atoms with Crippen LogP contribution < -0.4 is 66.3 Å². The Morgan fingerprint density at radius 3 is 1.52 bits per heavy atom. The van der Waals surface area contributed by atoms with Crippen molar-refractivity contribution in [2.75, 3.05) is 38.5 Å². The van der Waals surface area contributed by atoms with Gasteiger partial charge in [-0.25, -0.2) is 0 Å². The summed E-state index contributed by atoms with van der Waals surface area (Å²) in [4.78, 5) is 101. The highest BCUT2D eigenvalue weighted by atomic mass is 32.1. The minimum Gasteiger partial charge on any atom is -0.465 e. The highest BCUT2D eigenvalue weighted by molar-refractivity contribution is 7.80. The van der Waals surface area contributed by atoms with Crippen molar-refractivity contribution in [3.05, 3.63) is 0 Å². The van der Waals surface area contributed by atoms with Crippen LogP contribution >= 0.6 is 12.6 Å². The minimum atomic E-state index is -1.30. The predicted octanol–water partition coefficient (Wildman–Crippen LogP) is -3.32. The molecule has 0 aromatic rings. The summed E-state index contributed by atoms with van der Waals surface area (Å²) in [6, 6.07) is -6.79. The van der Waals surface area contributed by atoms with Gasteiger partial charge in [-0.2, -0.15) is 12.6 Å². The van der Waals surface area contributed by atoms with Crippen LogP contribution in [0.4, 0.5) is 0 Å². The number of ether oxygens (including phenoxy) is 1. The molecule has 344 valence electrons. The van der Waals surface area contributed by atoms with Crippen molar-refractivity contribution in [2.24, 2.45) is 56.2 Å². The Labute approximate surface area is 358 Å². The van der Waals surface area contributed by atoms with E-state index in [0.29, 0.717) is 38.6 Å². The third-order valence-electron chi connectivity index (χ3n) is 9.62. The second-order valence-corrected chi connectivity index (χ2v) is 14.8. The Kier molecular flexibility index (Phi) is 28.5. The van der Waals surface area contributed by atoms with Crippen LogP contribution in [0.5, 0.6) is 0 Å². The number of nitrogens with zero attached hydrogens (tertiary/aromatic N) is 2. The number of hydrogen-bond acceptors (Lipinski definition) is 13. The van der Waals surface area contributed by atoms with E-state index in [1.807, 2.05) is 20.8 Å². The fraction of sp³-hybridized carbons (Fsp3) is 0.757. The van der Waals surface area contributed by atoms with Crippen molar-refractivity contribution in [1.82, 2.24) is 31.9 Å². The number of nitrogens with one attached hydrogen (secondary N) is 6. The monoisotopic (exact) mass is 873 g/mol. The quantitative estimate of drug-likeness (QED) is 0.0107. The number of carbonyl (C=O) groups excluding carboxylic acids is 7. The third kappa shape index (κ3) is 22.5. The summed E-state index contributed by atoms with van der Waals surface area (Å²) in [5, 5.41) is 15.8. The summed E-state index contributed by atoms with van der Waals surface area (Å²) in [5.74, 6) is -5.89. The van der Waals surface area contributed by atoms with Crippen LogP contribution in [0.15, 0.2) is 9.98 Å². The SMILES string of the molecule is CCOC(=O)CNC(=O)C(CCCCN)NC(=O)C(CCCN=C(N)N)NC(=O)C(CS)NC(=O)C(NC(=O)C(CCCN=C(N)N)NC(=O)C(N)C(C)CC)C(C)CC. The van der Waals surface area contributed by atoms with Crippen LogP contribution in [0.1, 0.15) is 92.4 Å². The van der Waals surface area contributed by atoms with E-state index in [1.165, 1.54) is 0 Å². The average Bonchev–Trinajstić information content (AvgIpc) is 3.21. The molecule has 0 heterocycles. The minimum absolute atomic E-state index is 0.0179. The number of nitrogens with two attached hydrogens (primary N) is 6. The fourth-order valence-corrected chi connectivity index (χ4v) is 5.79. The molecule has 0 aliphatic carbocycles. The lowest BCUT2D eigenvalue weighted by Gasteiger charge is -2.29. The Balaban J connectivity index is 6.31. The molecule has 23 heteroatoms. The molecular weight excluding hydrogens is 801 g/mol. The van der Waals surface area contributed by atoms with Crippen LogP contribution in [0.25, 0.3) is 0 Å². The molecule has 0 aromatic heterocycles. The summed E-state index contributed by atoms with van der Waals surface area (Å²) in [6.07, 6.45) is 2.94. The first-order valence-corrected chi connectivity index (χ1v) is 21.1. The molecule has 0 aromatic carbocycles. The molecule has 0 fully saturated rings. The number of thiol groups is 1. The zero-order chi connectivity index (χ0) is 45.8. The van der Waals surface area contributed by atoms with Gasteiger partial charge in [0, 0.05) is 18.8 Å². The molecule has 0 aliphatic heterocycles. The molecule has 8 atom stereocenters. The number of aliphatic imine (C=N–C) groups is 2. The maximum Gasteiger partial charge on any atom is 0.325 e. The highest BCUT2D eigenvalue weighted by Gasteiger charge is 2.34. The van der Waals surface area contributed by atoms with Crippen LogP contribution in [0.2, 0.25) is 0 Å². The van der Waals surface area contributed by atoms with Gasteiger partial charge in [-0.3, -0.25) is 43.5 Å². The standard InChI is InChI=1S/C37H72N14O8S/c1-6-21(4)28(39)34(57)49-25(15-12-18-45-37(42)43)32(55)51-29(22(5)7-2)35(58)50-26(20-60)33(56)48-24(14-11-17-44-36(40)41)31(54)47-23(13-9-10-16-38)30(53)46-19-27(52)59-8-3/h21-26,28-29,60H,6-20,38-39H2,1-5H3,(H,46,53)(H,47,54)(H,48,56)(H,49,57)(H,50,58)(H,51,55)(H4,40,41,44)(H4,42,43,45). The molecule has 60 heavy (non-hydrogen) atoms. The number of hydrogen-bond donors (Lipinski definition) is 13.